The highest BCUT2D eigenvalue weighted by atomic mass is 79.9. The smallest absolute Gasteiger partial charge is 0.269 e. The summed E-state index contributed by atoms with van der Waals surface area (Å²) in [5.41, 5.74) is 1.06. The molecule has 0 fully saturated rings. The van der Waals surface area contributed by atoms with Crippen LogP contribution in [0.3, 0.4) is 0 Å². The van der Waals surface area contributed by atoms with Gasteiger partial charge in [0.2, 0.25) is 5.91 Å². The second-order valence-electron chi connectivity index (χ2n) is 4.88. The summed E-state index contributed by atoms with van der Waals surface area (Å²) >= 11 is 4.75. The zero-order valence-corrected chi connectivity index (χ0v) is 14.8. The summed E-state index contributed by atoms with van der Waals surface area (Å²) in [6, 6.07) is 13.9. The van der Waals surface area contributed by atoms with Crippen LogP contribution in [-0.4, -0.2) is 16.6 Å². The summed E-state index contributed by atoms with van der Waals surface area (Å²) in [7, 11) is 0. The van der Waals surface area contributed by atoms with Gasteiger partial charge in [-0.2, -0.15) is 0 Å². The standard InChI is InChI=1S/C16H15BrN2O3S/c1-11(12-3-2-4-13(17)9-12)18-16(20)10-23-15-7-5-14(6-8-15)19(21)22/h2-9,11H,10H2,1H3,(H,18,20)/t11-/m1/s1. The second-order valence-corrected chi connectivity index (χ2v) is 6.85. The van der Waals surface area contributed by atoms with E-state index in [1.54, 1.807) is 12.1 Å². The first kappa shape index (κ1) is 17.5. The number of benzene rings is 2. The number of rotatable bonds is 6. The molecule has 0 spiro atoms. The van der Waals surface area contributed by atoms with Crippen LogP contribution in [0.5, 0.6) is 0 Å². The molecule has 2 aromatic rings. The highest BCUT2D eigenvalue weighted by molar-refractivity contribution is 9.10. The van der Waals surface area contributed by atoms with E-state index in [0.29, 0.717) is 0 Å². The van der Waals surface area contributed by atoms with Crippen LogP contribution in [0.1, 0.15) is 18.5 Å². The summed E-state index contributed by atoms with van der Waals surface area (Å²) in [6.45, 7) is 1.93. The van der Waals surface area contributed by atoms with Crippen molar-refractivity contribution < 1.29 is 9.72 Å². The molecule has 1 atom stereocenters. The maximum atomic E-state index is 12.0. The van der Waals surface area contributed by atoms with Gasteiger partial charge in [0, 0.05) is 21.5 Å². The number of hydrogen-bond donors (Lipinski definition) is 1. The van der Waals surface area contributed by atoms with Gasteiger partial charge in [0.1, 0.15) is 0 Å². The lowest BCUT2D eigenvalue weighted by atomic mass is 10.1. The molecule has 0 aliphatic rings. The number of nitro groups is 1. The van der Waals surface area contributed by atoms with Crippen molar-refractivity contribution in [3.8, 4) is 0 Å². The van der Waals surface area contributed by atoms with Gasteiger partial charge in [-0.05, 0) is 36.8 Å². The molecule has 0 aromatic heterocycles. The number of halogens is 1. The molecule has 7 heteroatoms. The third-order valence-electron chi connectivity index (χ3n) is 3.14. The largest absolute Gasteiger partial charge is 0.349 e. The first-order valence-electron chi connectivity index (χ1n) is 6.88. The Balaban J connectivity index is 1.86. The number of carbonyl (C=O) groups excluding carboxylic acids is 1. The molecule has 2 aromatic carbocycles. The van der Waals surface area contributed by atoms with Gasteiger partial charge in [0.15, 0.2) is 0 Å². The Labute approximate surface area is 146 Å². The molecule has 23 heavy (non-hydrogen) atoms. The summed E-state index contributed by atoms with van der Waals surface area (Å²) in [5.74, 6) is 0.178. The summed E-state index contributed by atoms with van der Waals surface area (Å²) in [6.07, 6.45) is 0. The summed E-state index contributed by atoms with van der Waals surface area (Å²) in [5, 5.41) is 13.5. The van der Waals surface area contributed by atoms with E-state index >= 15 is 0 Å². The lowest BCUT2D eigenvalue weighted by Gasteiger charge is -2.14. The van der Waals surface area contributed by atoms with Crippen LogP contribution in [-0.2, 0) is 4.79 Å². The second kappa shape index (κ2) is 8.12. The summed E-state index contributed by atoms with van der Waals surface area (Å²) in [4.78, 5) is 23.0. The Kier molecular flexibility index (Phi) is 6.18. The van der Waals surface area contributed by atoms with E-state index in [-0.39, 0.29) is 23.4 Å². The molecule has 120 valence electrons. The zero-order valence-electron chi connectivity index (χ0n) is 12.4. The minimum absolute atomic E-state index is 0.0436. The molecule has 0 radical (unpaired) electrons. The Hall–Kier alpha value is -1.86. The number of non-ortho nitro benzene ring substituents is 1. The van der Waals surface area contributed by atoms with Crippen molar-refractivity contribution in [2.24, 2.45) is 0 Å². The molecular weight excluding hydrogens is 380 g/mol. The predicted molar refractivity (Wildman–Crippen MR) is 94.5 cm³/mol. The number of amides is 1. The molecule has 2 rings (SSSR count). The number of carbonyl (C=O) groups is 1. The van der Waals surface area contributed by atoms with Gasteiger partial charge < -0.3 is 5.32 Å². The van der Waals surface area contributed by atoms with Crippen molar-refractivity contribution in [3.05, 3.63) is 68.7 Å². The number of hydrogen-bond acceptors (Lipinski definition) is 4. The number of nitrogens with zero attached hydrogens (tertiary/aromatic N) is 1. The SMILES string of the molecule is C[C@@H](NC(=O)CSc1ccc([N+](=O)[O-])cc1)c1cccc(Br)c1. The Morgan fingerprint density at radius 1 is 1.30 bits per heavy atom. The van der Waals surface area contributed by atoms with Gasteiger partial charge in [0.25, 0.3) is 5.69 Å². The molecule has 0 aliphatic heterocycles. The normalized spacial score (nSPS) is 11.7. The topological polar surface area (TPSA) is 72.2 Å². The maximum absolute atomic E-state index is 12.0. The molecule has 1 N–H and O–H groups in total. The average Bonchev–Trinajstić information content (AvgIpc) is 2.53. The fraction of sp³-hybridized carbons (Fsp3) is 0.188. The van der Waals surface area contributed by atoms with E-state index in [2.05, 4.69) is 21.2 Å². The third kappa shape index (κ3) is 5.37. The Morgan fingerprint density at radius 3 is 2.61 bits per heavy atom. The number of nitrogens with one attached hydrogen (secondary N) is 1. The van der Waals surface area contributed by atoms with E-state index < -0.39 is 4.92 Å². The van der Waals surface area contributed by atoms with E-state index in [0.717, 1.165) is 14.9 Å². The maximum Gasteiger partial charge on any atom is 0.269 e. The Morgan fingerprint density at radius 2 is 2.00 bits per heavy atom. The van der Waals surface area contributed by atoms with E-state index in [9.17, 15) is 14.9 Å². The molecule has 0 aliphatic carbocycles. The molecule has 0 bridgehead atoms. The Bertz CT molecular complexity index is 707. The van der Waals surface area contributed by atoms with Gasteiger partial charge in [-0.25, -0.2) is 0 Å². The number of nitro benzene ring substituents is 1. The highest BCUT2D eigenvalue weighted by Gasteiger charge is 2.11. The van der Waals surface area contributed by atoms with E-state index in [4.69, 9.17) is 0 Å². The van der Waals surface area contributed by atoms with Crippen molar-refractivity contribution in [3.63, 3.8) is 0 Å². The fourth-order valence-corrected chi connectivity index (χ4v) is 3.08. The lowest BCUT2D eigenvalue weighted by Crippen LogP contribution is -2.28. The molecule has 1 amide bonds. The molecule has 0 unspecified atom stereocenters. The van der Waals surface area contributed by atoms with Crippen LogP contribution in [0.4, 0.5) is 5.69 Å². The van der Waals surface area contributed by atoms with E-state index in [1.807, 2.05) is 31.2 Å². The average molecular weight is 395 g/mol. The minimum atomic E-state index is -0.444. The predicted octanol–water partition coefficient (Wildman–Crippen LogP) is 4.33. The number of thioether (sulfide) groups is 1. The highest BCUT2D eigenvalue weighted by Crippen LogP contribution is 2.22. The van der Waals surface area contributed by atoms with Crippen LogP contribution in [0.15, 0.2) is 57.9 Å². The van der Waals surface area contributed by atoms with Crippen LogP contribution >= 0.6 is 27.7 Å². The first-order chi connectivity index (χ1) is 11.0. The minimum Gasteiger partial charge on any atom is -0.349 e. The van der Waals surface area contributed by atoms with Crippen LogP contribution in [0.25, 0.3) is 0 Å². The van der Waals surface area contributed by atoms with Crippen molar-refractivity contribution in [1.82, 2.24) is 5.32 Å². The quantitative estimate of drug-likeness (QED) is 0.449. The molecular formula is C16H15BrN2O3S. The van der Waals surface area contributed by atoms with E-state index in [1.165, 1.54) is 23.9 Å². The molecule has 0 heterocycles. The lowest BCUT2D eigenvalue weighted by molar-refractivity contribution is -0.384. The molecule has 0 saturated carbocycles. The summed E-state index contributed by atoms with van der Waals surface area (Å²) < 4.78 is 0.969. The van der Waals surface area contributed by atoms with Crippen molar-refractivity contribution in [1.29, 1.82) is 0 Å². The molecule has 0 saturated heterocycles. The van der Waals surface area contributed by atoms with Gasteiger partial charge >= 0.3 is 0 Å². The van der Waals surface area contributed by atoms with Gasteiger partial charge in [-0.1, -0.05) is 28.1 Å². The third-order valence-corrected chi connectivity index (χ3v) is 4.65. The monoisotopic (exact) mass is 394 g/mol. The van der Waals surface area contributed by atoms with Crippen molar-refractivity contribution >= 4 is 39.3 Å². The van der Waals surface area contributed by atoms with Crippen LogP contribution in [0.2, 0.25) is 0 Å². The fourth-order valence-electron chi connectivity index (χ4n) is 1.96. The van der Waals surface area contributed by atoms with Gasteiger partial charge in [-0.3, -0.25) is 14.9 Å². The van der Waals surface area contributed by atoms with Gasteiger partial charge in [0.05, 0.1) is 16.7 Å². The van der Waals surface area contributed by atoms with Gasteiger partial charge in [-0.15, -0.1) is 11.8 Å². The van der Waals surface area contributed by atoms with Crippen LogP contribution < -0.4 is 5.32 Å². The van der Waals surface area contributed by atoms with Crippen molar-refractivity contribution in [2.45, 2.75) is 17.9 Å². The van der Waals surface area contributed by atoms with Crippen molar-refractivity contribution in [2.75, 3.05) is 5.75 Å². The van der Waals surface area contributed by atoms with Crippen LogP contribution in [0, 0.1) is 10.1 Å². The zero-order chi connectivity index (χ0) is 16.8. The molecule has 5 nitrogen and oxygen atoms in total. The first-order valence-corrected chi connectivity index (χ1v) is 8.65.